The molecule has 0 amide bonds. The van der Waals surface area contributed by atoms with Crippen molar-refractivity contribution in [3.63, 3.8) is 0 Å². The van der Waals surface area contributed by atoms with Gasteiger partial charge in [0.2, 0.25) is 0 Å². The molecule has 0 aliphatic carbocycles. The van der Waals surface area contributed by atoms with Crippen LogP contribution in [0.4, 0.5) is 0 Å². The van der Waals surface area contributed by atoms with E-state index >= 15 is 0 Å². The van der Waals surface area contributed by atoms with Crippen LogP contribution in [0.15, 0.2) is 18.2 Å². The van der Waals surface area contributed by atoms with Crippen LogP contribution < -0.4 is 9.47 Å². The van der Waals surface area contributed by atoms with Gasteiger partial charge in [-0.15, -0.1) is 0 Å². The van der Waals surface area contributed by atoms with Crippen LogP contribution in [0.25, 0.3) is 0 Å². The third-order valence-electron chi connectivity index (χ3n) is 3.19. The molecule has 7 heteroatoms. The molecule has 1 rings (SSSR count). The Labute approximate surface area is 144 Å². The van der Waals surface area contributed by atoms with Crippen LogP contribution in [0, 0.1) is 11.8 Å². The summed E-state index contributed by atoms with van der Waals surface area (Å²) in [4.78, 5) is 0. The molecule has 24 heavy (non-hydrogen) atoms. The Morgan fingerprint density at radius 3 is 1.96 bits per heavy atom. The SMILES string of the molecule is COc1ccc(OC)c([C@H](O)P(=O)(OCC(C)C)OCC(C)C)c1. The minimum Gasteiger partial charge on any atom is -0.497 e. The molecule has 0 aliphatic heterocycles. The summed E-state index contributed by atoms with van der Waals surface area (Å²) in [5.41, 5.74) is 0.313. The first-order valence-corrected chi connectivity index (χ1v) is 9.63. The lowest BCUT2D eigenvalue weighted by atomic mass is 10.2. The van der Waals surface area contributed by atoms with Gasteiger partial charge in [-0.2, -0.15) is 0 Å². The minimum atomic E-state index is -3.79. The zero-order chi connectivity index (χ0) is 18.3. The van der Waals surface area contributed by atoms with Crippen LogP contribution in [-0.2, 0) is 13.6 Å². The molecule has 1 atom stereocenters. The van der Waals surface area contributed by atoms with E-state index in [1.54, 1.807) is 18.2 Å². The molecule has 6 nitrogen and oxygen atoms in total. The van der Waals surface area contributed by atoms with Crippen molar-refractivity contribution >= 4 is 7.60 Å². The van der Waals surface area contributed by atoms with Gasteiger partial charge in [-0.3, -0.25) is 4.57 Å². The van der Waals surface area contributed by atoms with Gasteiger partial charge in [-0.05, 0) is 30.0 Å². The van der Waals surface area contributed by atoms with E-state index < -0.39 is 13.4 Å². The maximum absolute atomic E-state index is 13.2. The molecule has 0 saturated carbocycles. The van der Waals surface area contributed by atoms with Gasteiger partial charge in [-0.25, -0.2) is 0 Å². The maximum atomic E-state index is 13.2. The molecular weight excluding hydrogens is 331 g/mol. The predicted octanol–water partition coefficient (Wildman–Crippen LogP) is 4.23. The van der Waals surface area contributed by atoms with E-state index in [2.05, 4.69) is 0 Å². The number of aliphatic hydroxyl groups excluding tert-OH is 1. The van der Waals surface area contributed by atoms with E-state index in [0.717, 1.165) is 0 Å². The molecule has 1 aromatic rings. The van der Waals surface area contributed by atoms with Crippen molar-refractivity contribution < 1.29 is 28.2 Å². The highest BCUT2D eigenvalue weighted by atomic mass is 31.2. The van der Waals surface area contributed by atoms with Gasteiger partial charge in [-0.1, -0.05) is 27.7 Å². The van der Waals surface area contributed by atoms with Gasteiger partial charge in [0.05, 0.1) is 27.4 Å². The van der Waals surface area contributed by atoms with Crippen LogP contribution in [0.1, 0.15) is 39.1 Å². The highest BCUT2D eigenvalue weighted by molar-refractivity contribution is 7.54. The summed E-state index contributed by atoms with van der Waals surface area (Å²) in [5.74, 6) is -0.241. The quantitative estimate of drug-likeness (QED) is 0.629. The molecule has 0 heterocycles. The summed E-state index contributed by atoms with van der Waals surface area (Å²) < 4.78 is 34.7. The largest absolute Gasteiger partial charge is 0.497 e. The molecule has 138 valence electrons. The fraction of sp³-hybridized carbons (Fsp3) is 0.647. The van der Waals surface area contributed by atoms with Crippen molar-refractivity contribution in [1.29, 1.82) is 0 Å². The number of rotatable bonds is 10. The van der Waals surface area contributed by atoms with Crippen molar-refractivity contribution in [1.82, 2.24) is 0 Å². The molecule has 0 unspecified atom stereocenters. The number of ether oxygens (including phenoxy) is 2. The lowest BCUT2D eigenvalue weighted by molar-refractivity contribution is 0.123. The fourth-order valence-corrected chi connectivity index (χ4v) is 3.81. The summed E-state index contributed by atoms with van der Waals surface area (Å²) in [6.45, 7) is 8.19. The van der Waals surface area contributed by atoms with Crippen molar-refractivity contribution in [2.24, 2.45) is 11.8 Å². The van der Waals surface area contributed by atoms with Crippen molar-refractivity contribution in [3.05, 3.63) is 23.8 Å². The Kier molecular flexibility index (Phi) is 8.23. The van der Waals surface area contributed by atoms with Crippen LogP contribution in [-0.4, -0.2) is 32.5 Å². The maximum Gasteiger partial charge on any atom is 0.363 e. The lowest BCUT2D eigenvalue weighted by Gasteiger charge is -2.26. The predicted molar refractivity (Wildman–Crippen MR) is 93.7 cm³/mol. The van der Waals surface area contributed by atoms with E-state index in [0.29, 0.717) is 17.1 Å². The highest BCUT2D eigenvalue weighted by Gasteiger charge is 2.38. The van der Waals surface area contributed by atoms with Crippen LogP contribution in [0.5, 0.6) is 11.5 Å². The summed E-state index contributed by atoms with van der Waals surface area (Å²) in [6.07, 6.45) is 0. The third kappa shape index (κ3) is 5.78. The normalized spacial score (nSPS) is 13.4. The van der Waals surface area contributed by atoms with Gasteiger partial charge >= 0.3 is 7.60 Å². The summed E-state index contributed by atoms with van der Waals surface area (Å²) >= 11 is 0. The molecule has 1 N–H and O–H groups in total. The number of hydrogen-bond donors (Lipinski definition) is 1. The smallest absolute Gasteiger partial charge is 0.363 e. The molecule has 0 radical (unpaired) electrons. The zero-order valence-electron chi connectivity index (χ0n) is 15.3. The Balaban J connectivity index is 3.18. The van der Waals surface area contributed by atoms with E-state index in [9.17, 15) is 9.67 Å². The van der Waals surface area contributed by atoms with Crippen LogP contribution in [0.2, 0.25) is 0 Å². The summed E-state index contributed by atoms with van der Waals surface area (Å²) in [5, 5.41) is 10.7. The average molecular weight is 360 g/mol. The van der Waals surface area contributed by atoms with Gasteiger partial charge in [0.1, 0.15) is 11.5 Å². The standard InChI is InChI=1S/C17H29O6P/c1-12(2)10-22-24(19,23-11-13(3)4)17(18)15-9-14(20-5)7-8-16(15)21-6/h7-9,12-13,17-18H,10-11H2,1-6H3/t17-/m1/s1. The monoisotopic (exact) mass is 360 g/mol. The van der Waals surface area contributed by atoms with Gasteiger partial charge in [0.15, 0.2) is 5.85 Å². The number of hydrogen-bond acceptors (Lipinski definition) is 6. The van der Waals surface area contributed by atoms with Crippen LogP contribution in [0.3, 0.4) is 0 Å². The van der Waals surface area contributed by atoms with E-state index in [1.807, 2.05) is 27.7 Å². The molecule has 0 aromatic heterocycles. The molecule has 0 bridgehead atoms. The summed E-state index contributed by atoms with van der Waals surface area (Å²) in [6, 6.07) is 4.92. The second-order valence-corrected chi connectivity index (χ2v) is 8.49. The van der Waals surface area contributed by atoms with Crippen LogP contribution >= 0.6 is 7.60 Å². The second kappa shape index (κ2) is 9.42. The summed E-state index contributed by atoms with van der Waals surface area (Å²) in [7, 11) is -0.795. The Hall–Kier alpha value is -1.07. The molecule has 0 spiro atoms. The Morgan fingerprint density at radius 2 is 1.54 bits per heavy atom. The Morgan fingerprint density at radius 1 is 1.00 bits per heavy atom. The van der Waals surface area contributed by atoms with Crippen molar-refractivity contribution in [2.45, 2.75) is 33.5 Å². The van der Waals surface area contributed by atoms with Crippen molar-refractivity contribution in [3.8, 4) is 11.5 Å². The molecular formula is C17H29O6P. The first-order valence-electron chi connectivity index (χ1n) is 8.02. The van der Waals surface area contributed by atoms with Gasteiger partial charge in [0, 0.05) is 5.56 Å². The van der Waals surface area contributed by atoms with E-state index in [1.165, 1.54) is 14.2 Å². The number of aliphatic hydroxyl groups is 1. The highest BCUT2D eigenvalue weighted by Crippen LogP contribution is 2.61. The molecule has 1 aromatic carbocycles. The first kappa shape index (κ1) is 21.0. The number of methoxy groups -OCH3 is 2. The van der Waals surface area contributed by atoms with E-state index in [-0.39, 0.29) is 25.0 Å². The Bertz CT molecular complexity index is 542. The minimum absolute atomic E-state index is 0.153. The second-order valence-electron chi connectivity index (χ2n) is 6.40. The van der Waals surface area contributed by atoms with E-state index in [4.69, 9.17) is 18.5 Å². The molecule has 0 fully saturated rings. The van der Waals surface area contributed by atoms with Gasteiger partial charge in [0.25, 0.3) is 0 Å². The average Bonchev–Trinajstić information content (AvgIpc) is 2.56. The molecule has 0 saturated heterocycles. The first-order chi connectivity index (χ1) is 11.2. The van der Waals surface area contributed by atoms with Crippen molar-refractivity contribution in [2.75, 3.05) is 27.4 Å². The number of benzene rings is 1. The fourth-order valence-electron chi connectivity index (χ4n) is 1.90. The molecule has 0 aliphatic rings. The zero-order valence-corrected chi connectivity index (χ0v) is 16.2. The topological polar surface area (TPSA) is 74.2 Å². The van der Waals surface area contributed by atoms with Gasteiger partial charge < -0.3 is 23.6 Å². The third-order valence-corrected chi connectivity index (χ3v) is 5.09. The lowest BCUT2D eigenvalue weighted by Crippen LogP contribution is -2.12.